The number of rotatable bonds is 6. The molecule has 0 radical (unpaired) electrons. The van der Waals surface area contributed by atoms with Crippen molar-refractivity contribution in [2.45, 2.75) is 20.8 Å². The zero-order valence-corrected chi connectivity index (χ0v) is 16.5. The molecule has 1 aromatic heterocycles. The first-order chi connectivity index (χ1) is 12.9. The van der Waals surface area contributed by atoms with Gasteiger partial charge in [-0.1, -0.05) is 50.2 Å². The summed E-state index contributed by atoms with van der Waals surface area (Å²) < 4.78 is 0. The zero-order chi connectivity index (χ0) is 19.4. The number of anilines is 1. The molecule has 0 spiro atoms. The third-order valence-electron chi connectivity index (χ3n) is 4.09. The van der Waals surface area contributed by atoms with Crippen molar-refractivity contribution in [1.82, 2.24) is 9.88 Å². The summed E-state index contributed by atoms with van der Waals surface area (Å²) in [6.07, 6.45) is 1.72. The highest BCUT2D eigenvalue weighted by Crippen LogP contribution is 2.21. The predicted molar refractivity (Wildman–Crippen MR) is 110 cm³/mol. The van der Waals surface area contributed by atoms with E-state index in [9.17, 15) is 9.59 Å². The number of fused-ring (bicyclic) bond motifs is 1. The van der Waals surface area contributed by atoms with Crippen LogP contribution in [0.3, 0.4) is 0 Å². The fourth-order valence-electron chi connectivity index (χ4n) is 2.99. The Morgan fingerprint density at radius 3 is 2.59 bits per heavy atom. The maximum absolute atomic E-state index is 13.2. The fourth-order valence-corrected chi connectivity index (χ4v) is 3.67. The van der Waals surface area contributed by atoms with Crippen LogP contribution in [0.1, 0.15) is 29.1 Å². The molecule has 0 aliphatic carbocycles. The Kier molecular flexibility index (Phi) is 5.86. The zero-order valence-electron chi connectivity index (χ0n) is 15.7. The summed E-state index contributed by atoms with van der Waals surface area (Å²) in [7, 11) is 0. The molecule has 1 heterocycles. The van der Waals surface area contributed by atoms with Gasteiger partial charge in [-0.2, -0.15) is 0 Å². The molecule has 3 rings (SSSR count). The van der Waals surface area contributed by atoms with Gasteiger partial charge in [-0.25, -0.2) is 4.98 Å². The topological polar surface area (TPSA) is 62.3 Å². The van der Waals surface area contributed by atoms with Crippen molar-refractivity contribution in [2.24, 2.45) is 5.92 Å². The summed E-state index contributed by atoms with van der Waals surface area (Å²) in [6.45, 7) is 6.50. The summed E-state index contributed by atoms with van der Waals surface area (Å²) in [6, 6.07) is 13.5. The van der Waals surface area contributed by atoms with E-state index >= 15 is 0 Å². The van der Waals surface area contributed by atoms with E-state index in [4.69, 9.17) is 0 Å². The minimum atomic E-state index is -0.237. The largest absolute Gasteiger partial charge is 0.329 e. The van der Waals surface area contributed by atoms with Gasteiger partial charge in [0.25, 0.3) is 5.91 Å². The van der Waals surface area contributed by atoms with Crippen LogP contribution in [0.15, 0.2) is 48.7 Å². The lowest BCUT2D eigenvalue weighted by molar-refractivity contribution is -0.117. The number of nitrogens with one attached hydrogen (secondary N) is 1. The maximum atomic E-state index is 13.2. The molecule has 0 fully saturated rings. The van der Waals surface area contributed by atoms with Crippen LogP contribution in [-0.2, 0) is 4.79 Å². The molecule has 2 amide bonds. The van der Waals surface area contributed by atoms with Gasteiger partial charge in [-0.15, -0.1) is 11.3 Å². The number of carbonyl (C=O) groups excluding carboxylic acids is 2. The molecule has 5 nitrogen and oxygen atoms in total. The quantitative estimate of drug-likeness (QED) is 0.691. The van der Waals surface area contributed by atoms with Crippen molar-refractivity contribution >= 4 is 39.1 Å². The fraction of sp³-hybridized carbons (Fsp3) is 0.286. The van der Waals surface area contributed by atoms with Crippen LogP contribution in [-0.4, -0.2) is 34.8 Å². The van der Waals surface area contributed by atoms with Crippen LogP contribution in [0.2, 0.25) is 0 Å². The van der Waals surface area contributed by atoms with Gasteiger partial charge >= 0.3 is 0 Å². The third kappa shape index (κ3) is 4.71. The van der Waals surface area contributed by atoms with Crippen molar-refractivity contribution in [1.29, 1.82) is 0 Å². The Balaban J connectivity index is 1.83. The summed E-state index contributed by atoms with van der Waals surface area (Å²) in [4.78, 5) is 32.5. The number of nitrogens with zero attached hydrogens (tertiary/aromatic N) is 2. The first kappa shape index (κ1) is 19.0. The van der Waals surface area contributed by atoms with Gasteiger partial charge in [0.1, 0.15) is 6.54 Å². The van der Waals surface area contributed by atoms with Crippen LogP contribution in [0, 0.1) is 12.8 Å². The highest BCUT2D eigenvalue weighted by atomic mass is 32.1. The average molecular weight is 382 g/mol. The normalized spacial score (nSPS) is 11.0. The monoisotopic (exact) mass is 381 g/mol. The standard InChI is InChI=1S/C21H23N3O2S/c1-14(2)12-24(13-19(25)23-21-22-11-15(3)27-21)20(26)18-10-6-8-16-7-4-5-9-17(16)18/h4-11,14H,12-13H2,1-3H3,(H,22,23,25). The molecule has 2 aromatic carbocycles. The number of aromatic nitrogens is 1. The second-order valence-corrected chi connectivity index (χ2v) is 8.17. The SMILES string of the molecule is Cc1cnc(NC(=O)CN(CC(C)C)C(=O)c2cccc3ccccc23)s1. The molecular formula is C21H23N3O2S. The van der Waals surface area contributed by atoms with Gasteiger partial charge in [0, 0.05) is 23.2 Å². The van der Waals surface area contributed by atoms with Crippen molar-refractivity contribution in [3.63, 3.8) is 0 Å². The van der Waals surface area contributed by atoms with Crippen LogP contribution in [0.25, 0.3) is 10.8 Å². The van der Waals surface area contributed by atoms with Gasteiger partial charge in [0.05, 0.1) is 0 Å². The number of carbonyl (C=O) groups is 2. The smallest absolute Gasteiger partial charge is 0.254 e. The second-order valence-electron chi connectivity index (χ2n) is 6.93. The van der Waals surface area contributed by atoms with Gasteiger partial charge in [0.2, 0.25) is 5.91 Å². The maximum Gasteiger partial charge on any atom is 0.254 e. The van der Waals surface area contributed by atoms with Gasteiger partial charge in [-0.05, 0) is 29.7 Å². The molecule has 0 atom stereocenters. The number of benzene rings is 2. The Morgan fingerprint density at radius 2 is 1.89 bits per heavy atom. The molecule has 140 valence electrons. The summed E-state index contributed by atoms with van der Waals surface area (Å²) in [5, 5.41) is 5.25. The van der Waals surface area contributed by atoms with E-state index in [1.165, 1.54) is 11.3 Å². The summed E-state index contributed by atoms with van der Waals surface area (Å²) in [5.74, 6) is -0.122. The molecule has 3 aromatic rings. The van der Waals surface area contributed by atoms with E-state index in [0.29, 0.717) is 17.2 Å². The minimum Gasteiger partial charge on any atom is -0.329 e. The van der Waals surface area contributed by atoms with E-state index in [0.717, 1.165) is 15.6 Å². The van der Waals surface area contributed by atoms with E-state index in [2.05, 4.69) is 10.3 Å². The van der Waals surface area contributed by atoms with Gasteiger partial charge in [0.15, 0.2) is 5.13 Å². The van der Waals surface area contributed by atoms with E-state index in [-0.39, 0.29) is 24.3 Å². The van der Waals surface area contributed by atoms with Crippen molar-refractivity contribution < 1.29 is 9.59 Å². The Hall–Kier alpha value is -2.73. The summed E-state index contributed by atoms with van der Waals surface area (Å²) in [5.41, 5.74) is 0.617. The molecule has 27 heavy (non-hydrogen) atoms. The van der Waals surface area contributed by atoms with E-state index < -0.39 is 0 Å². The first-order valence-electron chi connectivity index (χ1n) is 8.93. The lowest BCUT2D eigenvalue weighted by atomic mass is 10.0. The van der Waals surface area contributed by atoms with Crippen molar-refractivity contribution in [2.75, 3.05) is 18.4 Å². The molecule has 0 unspecified atom stereocenters. The number of hydrogen-bond donors (Lipinski definition) is 1. The van der Waals surface area contributed by atoms with Crippen LogP contribution in [0.5, 0.6) is 0 Å². The summed E-state index contributed by atoms with van der Waals surface area (Å²) >= 11 is 1.42. The van der Waals surface area contributed by atoms with Crippen LogP contribution >= 0.6 is 11.3 Å². The predicted octanol–water partition coefficient (Wildman–Crippen LogP) is 4.34. The lowest BCUT2D eigenvalue weighted by Gasteiger charge is -2.24. The first-order valence-corrected chi connectivity index (χ1v) is 9.75. The van der Waals surface area contributed by atoms with Gasteiger partial charge < -0.3 is 10.2 Å². The van der Waals surface area contributed by atoms with Crippen molar-refractivity contribution in [3.05, 3.63) is 59.1 Å². The second kappa shape index (κ2) is 8.31. The number of aryl methyl sites for hydroxylation is 1. The number of thiazole rings is 1. The molecule has 6 heteroatoms. The highest BCUT2D eigenvalue weighted by Gasteiger charge is 2.22. The third-order valence-corrected chi connectivity index (χ3v) is 4.92. The Morgan fingerprint density at radius 1 is 1.15 bits per heavy atom. The molecule has 0 saturated carbocycles. The molecule has 0 bridgehead atoms. The number of amides is 2. The lowest BCUT2D eigenvalue weighted by Crippen LogP contribution is -2.40. The van der Waals surface area contributed by atoms with Crippen LogP contribution in [0.4, 0.5) is 5.13 Å². The van der Waals surface area contributed by atoms with E-state index in [1.807, 2.05) is 63.2 Å². The molecular weight excluding hydrogens is 358 g/mol. The Labute approximate surface area is 163 Å². The van der Waals surface area contributed by atoms with Crippen LogP contribution < -0.4 is 5.32 Å². The molecule has 0 aliphatic heterocycles. The Bertz CT molecular complexity index is 959. The van der Waals surface area contributed by atoms with Gasteiger partial charge in [-0.3, -0.25) is 9.59 Å². The highest BCUT2D eigenvalue weighted by molar-refractivity contribution is 7.15. The molecule has 1 N–H and O–H groups in total. The van der Waals surface area contributed by atoms with Crippen molar-refractivity contribution in [3.8, 4) is 0 Å². The molecule has 0 aliphatic rings. The van der Waals surface area contributed by atoms with E-state index in [1.54, 1.807) is 11.1 Å². The molecule has 0 saturated heterocycles. The average Bonchev–Trinajstić information content (AvgIpc) is 3.04. The number of hydrogen-bond acceptors (Lipinski definition) is 4. The minimum absolute atomic E-state index is 0.00113.